The minimum absolute atomic E-state index is 0.0231. The molecule has 1 fully saturated rings. The highest BCUT2D eigenvalue weighted by Gasteiger charge is 2.54. The van der Waals surface area contributed by atoms with Crippen LogP contribution < -0.4 is 16.4 Å². The summed E-state index contributed by atoms with van der Waals surface area (Å²) in [5.41, 5.74) is 5.54. The maximum absolute atomic E-state index is 12.8. The van der Waals surface area contributed by atoms with Crippen molar-refractivity contribution in [1.29, 1.82) is 0 Å². The summed E-state index contributed by atoms with van der Waals surface area (Å²) in [4.78, 5) is 53.7. The van der Waals surface area contributed by atoms with Crippen LogP contribution in [0.1, 0.15) is 11.8 Å². The van der Waals surface area contributed by atoms with Crippen LogP contribution in [0.25, 0.3) is 0 Å². The molecule has 4 rings (SSSR count). The number of tetrazole rings is 1. The molecule has 0 aliphatic carbocycles. The zero-order valence-electron chi connectivity index (χ0n) is 16.9. The van der Waals surface area contributed by atoms with Crippen LogP contribution in [0.4, 0.5) is 4.79 Å². The van der Waals surface area contributed by atoms with Crippen molar-refractivity contribution in [3.05, 3.63) is 29.6 Å². The first-order chi connectivity index (χ1) is 15.8. The van der Waals surface area contributed by atoms with Crippen LogP contribution in [0, 0.1) is 0 Å². The van der Waals surface area contributed by atoms with Gasteiger partial charge in [-0.2, -0.15) is 0 Å². The van der Waals surface area contributed by atoms with E-state index in [9.17, 15) is 24.3 Å². The van der Waals surface area contributed by atoms with E-state index in [4.69, 9.17) is 10.2 Å². The summed E-state index contributed by atoms with van der Waals surface area (Å²) in [5.74, 6) is -1.97. The molecule has 2 aromatic rings. The van der Waals surface area contributed by atoms with E-state index in [0.717, 1.165) is 11.3 Å². The van der Waals surface area contributed by atoms with Gasteiger partial charge in [0.05, 0.1) is 6.20 Å². The van der Waals surface area contributed by atoms with Crippen molar-refractivity contribution in [2.45, 2.75) is 22.6 Å². The Morgan fingerprint density at radius 1 is 1.45 bits per heavy atom. The van der Waals surface area contributed by atoms with Crippen molar-refractivity contribution in [1.82, 2.24) is 40.7 Å². The normalized spacial score (nSPS) is 20.6. The van der Waals surface area contributed by atoms with E-state index in [1.807, 2.05) is 0 Å². The van der Waals surface area contributed by atoms with Gasteiger partial charge in [0, 0.05) is 18.6 Å². The van der Waals surface area contributed by atoms with E-state index in [1.54, 1.807) is 7.05 Å². The molecule has 0 spiro atoms. The summed E-state index contributed by atoms with van der Waals surface area (Å²) in [6.07, 6.45) is 2.30. The molecule has 1 saturated heterocycles. The number of β-lactam (4-membered cyclic amide) rings is 1. The highest BCUT2D eigenvalue weighted by atomic mass is 32.2. The Hall–Kier alpha value is -3.60. The summed E-state index contributed by atoms with van der Waals surface area (Å²) in [5, 5.41) is 25.5. The minimum Gasteiger partial charge on any atom is -0.477 e. The predicted molar refractivity (Wildman–Crippen MR) is 111 cm³/mol. The molecule has 0 radical (unpaired) electrons. The molecule has 2 aliphatic heterocycles. The number of aryl methyl sites for hydroxylation is 1. The summed E-state index contributed by atoms with van der Waals surface area (Å²) in [7, 11) is 1.66. The first-order valence-electron chi connectivity index (χ1n) is 9.27. The quantitative estimate of drug-likeness (QED) is 0.242. The fourth-order valence-electron chi connectivity index (χ4n) is 3.30. The molecule has 2 aromatic heterocycles. The zero-order chi connectivity index (χ0) is 23.7. The van der Waals surface area contributed by atoms with Gasteiger partial charge < -0.3 is 25.9 Å². The predicted octanol–water partition coefficient (Wildman–Crippen LogP) is -1.56. The van der Waals surface area contributed by atoms with Crippen molar-refractivity contribution in [3.8, 4) is 0 Å². The van der Waals surface area contributed by atoms with E-state index in [2.05, 4.69) is 31.1 Å². The number of fused-ring (bicyclic) bond motifs is 1. The van der Waals surface area contributed by atoms with E-state index in [-0.39, 0.29) is 17.2 Å². The van der Waals surface area contributed by atoms with Crippen LogP contribution in [0.2, 0.25) is 0 Å². The maximum Gasteiger partial charge on any atom is 0.352 e. The van der Waals surface area contributed by atoms with Gasteiger partial charge in [-0.05, 0) is 16.0 Å². The molecule has 3 atom stereocenters. The number of primary amides is 1. The number of thioether (sulfide) groups is 2. The van der Waals surface area contributed by atoms with Gasteiger partial charge in [0.15, 0.2) is 18.2 Å². The number of aliphatic carboxylic acids is 1. The van der Waals surface area contributed by atoms with Gasteiger partial charge in [-0.15, -0.1) is 16.9 Å². The lowest BCUT2D eigenvalue weighted by Crippen LogP contribution is -2.71. The van der Waals surface area contributed by atoms with Crippen LogP contribution in [0.5, 0.6) is 0 Å². The monoisotopic (exact) mass is 495 g/mol. The molecule has 0 saturated carbocycles. The molecule has 5 N–H and O–H groups in total. The van der Waals surface area contributed by atoms with E-state index >= 15 is 0 Å². The van der Waals surface area contributed by atoms with Gasteiger partial charge in [0.25, 0.3) is 11.8 Å². The van der Waals surface area contributed by atoms with Gasteiger partial charge in [0.1, 0.15) is 17.1 Å². The Kier molecular flexibility index (Phi) is 6.23. The Bertz CT molecular complexity index is 1130. The molecule has 4 heterocycles. The first kappa shape index (κ1) is 22.6. The number of carboxylic acid groups (broad SMARTS) is 1. The second kappa shape index (κ2) is 9.10. The average Bonchev–Trinajstić information content (AvgIpc) is 3.45. The van der Waals surface area contributed by atoms with Crippen LogP contribution >= 0.6 is 23.5 Å². The number of urea groups is 1. The summed E-state index contributed by atoms with van der Waals surface area (Å²) in [6.45, 7) is 0. The van der Waals surface area contributed by atoms with Crippen molar-refractivity contribution in [3.63, 3.8) is 0 Å². The minimum atomic E-state index is -1.30. The number of rotatable bonds is 8. The lowest BCUT2D eigenvalue weighted by atomic mass is 10.0. The van der Waals surface area contributed by atoms with Gasteiger partial charge in [-0.3, -0.25) is 14.5 Å². The third-order valence-corrected chi connectivity index (χ3v) is 7.23. The second-order valence-corrected chi connectivity index (χ2v) is 8.92. The van der Waals surface area contributed by atoms with Crippen molar-refractivity contribution in [2.75, 3.05) is 11.5 Å². The number of nitrogens with two attached hydrogens (primary N) is 1. The van der Waals surface area contributed by atoms with E-state index < -0.39 is 41.3 Å². The van der Waals surface area contributed by atoms with Gasteiger partial charge in [0.2, 0.25) is 5.16 Å². The van der Waals surface area contributed by atoms with Crippen molar-refractivity contribution >= 4 is 47.3 Å². The number of carbonyl (C=O) groups excluding carboxylic acids is 3. The Labute approximate surface area is 193 Å². The number of carboxylic acids is 1. The highest BCUT2D eigenvalue weighted by Crippen LogP contribution is 2.41. The van der Waals surface area contributed by atoms with E-state index in [1.165, 1.54) is 34.4 Å². The largest absolute Gasteiger partial charge is 0.477 e. The average molecular weight is 496 g/mol. The molecule has 33 heavy (non-hydrogen) atoms. The number of nitrogens with one attached hydrogen (secondary N) is 2. The third kappa shape index (κ3) is 4.36. The molecule has 174 valence electrons. The first-order valence-corrected chi connectivity index (χ1v) is 11.3. The maximum atomic E-state index is 12.8. The Morgan fingerprint density at radius 3 is 2.85 bits per heavy atom. The molecule has 4 amide bonds. The summed E-state index contributed by atoms with van der Waals surface area (Å²) >= 11 is 2.56. The number of hydrogen-bond acceptors (Lipinski definition) is 11. The summed E-state index contributed by atoms with van der Waals surface area (Å²) < 4.78 is 6.52. The molecular formula is C16H17N9O6S2. The number of nitrogens with zero attached hydrogens (tertiary/aromatic N) is 6. The third-order valence-electron chi connectivity index (χ3n) is 4.79. The lowest BCUT2D eigenvalue weighted by molar-refractivity contribution is -0.151. The fourth-order valence-corrected chi connectivity index (χ4v) is 5.64. The standard InChI is InChI=1S/C16H17N9O6S2/c1-24-16(21-22-23-24)33-4-6-3-32-13-9(12(27)25(13)10(6)14(28)29)19-11(26)8(20-15(17)30)7-2-18-5-31-7/h2,5,8-9,13H,3-4H2,1H3,(H,19,26)(H,28,29)(H3,17,20,30)/t8?,9-,13?/m0/s1. The SMILES string of the molecule is Cn1nnnc1SCC1=C(C(=O)O)N2C(=O)[C@H](NC(=O)C(NC(N)=O)c3cnco3)C2SC1. The smallest absolute Gasteiger partial charge is 0.352 e. The van der Waals surface area contributed by atoms with Gasteiger partial charge >= 0.3 is 12.0 Å². The number of hydrogen-bond donors (Lipinski definition) is 4. The molecule has 17 heteroatoms. The highest BCUT2D eigenvalue weighted by molar-refractivity contribution is 8.01. The topological polar surface area (TPSA) is 211 Å². The number of amides is 4. The molecule has 15 nitrogen and oxygen atoms in total. The fraction of sp³-hybridized carbons (Fsp3) is 0.375. The molecule has 0 bridgehead atoms. The van der Waals surface area contributed by atoms with Crippen molar-refractivity contribution in [2.24, 2.45) is 12.8 Å². The molecule has 2 unspecified atom stereocenters. The van der Waals surface area contributed by atoms with E-state index in [0.29, 0.717) is 16.5 Å². The van der Waals surface area contributed by atoms with Crippen LogP contribution in [-0.2, 0) is 21.4 Å². The van der Waals surface area contributed by atoms with Crippen molar-refractivity contribution < 1.29 is 28.7 Å². The van der Waals surface area contributed by atoms with Crippen LogP contribution in [0.15, 0.2) is 33.4 Å². The second-order valence-electron chi connectivity index (χ2n) is 6.87. The number of carbonyl (C=O) groups is 4. The molecule has 2 aliphatic rings. The summed E-state index contributed by atoms with van der Waals surface area (Å²) in [6, 6.07) is -3.27. The number of oxazole rings is 1. The zero-order valence-corrected chi connectivity index (χ0v) is 18.5. The Balaban J connectivity index is 1.48. The van der Waals surface area contributed by atoms with Crippen LogP contribution in [-0.4, -0.2) is 81.9 Å². The lowest BCUT2D eigenvalue weighted by Gasteiger charge is -2.49. The molecular weight excluding hydrogens is 478 g/mol. The number of aromatic nitrogens is 5. The van der Waals surface area contributed by atoms with Gasteiger partial charge in [-0.1, -0.05) is 11.8 Å². The molecule has 0 aromatic carbocycles. The van der Waals surface area contributed by atoms with Crippen LogP contribution in [0.3, 0.4) is 0 Å². The Morgan fingerprint density at radius 2 is 2.24 bits per heavy atom. The van der Waals surface area contributed by atoms with Gasteiger partial charge in [-0.25, -0.2) is 19.3 Å².